The maximum Gasteiger partial charge on any atom is 0.237 e. The van der Waals surface area contributed by atoms with Gasteiger partial charge in [-0.05, 0) is 13.0 Å². The average Bonchev–Trinajstić information content (AvgIpc) is 3.29. The van der Waals surface area contributed by atoms with E-state index in [9.17, 15) is 9.59 Å². The van der Waals surface area contributed by atoms with E-state index in [0.29, 0.717) is 32.6 Å². The van der Waals surface area contributed by atoms with Gasteiger partial charge in [-0.3, -0.25) is 14.5 Å². The first kappa shape index (κ1) is 18.1. The lowest BCUT2D eigenvalue weighted by molar-refractivity contribution is -0.134. The quantitative estimate of drug-likeness (QED) is 0.683. The topological polar surface area (TPSA) is 105 Å². The third-order valence-corrected chi connectivity index (χ3v) is 4.49. The van der Waals surface area contributed by atoms with Crippen LogP contribution in [0.3, 0.4) is 0 Å². The van der Waals surface area contributed by atoms with Crippen molar-refractivity contribution in [1.29, 1.82) is 0 Å². The van der Waals surface area contributed by atoms with Gasteiger partial charge in [-0.25, -0.2) is 0 Å². The predicted molar refractivity (Wildman–Crippen MR) is 92.9 cm³/mol. The first-order chi connectivity index (χ1) is 12.7. The normalized spacial score (nSPS) is 17.9. The van der Waals surface area contributed by atoms with Crippen molar-refractivity contribution in [1.82, 2.24) is 30.3 Å². The second-order valence-corrected chi connectivity index (χ2v) is 6.25. The minimum atomic E-state index is -0.474. The molecule has 26 heavy (non-hydrogen) atoms. The van der Waals surface area contributed by atoms with Crippen molar-refractivity contribution in [3.8, 4) is 0 Å². The van der Waals surface area contributed by atoms with E-state index in [1.165, 1.54) is 0 Å². The zero-order valence-corrected chi connectivity index (χ0v) is 14.9. The van der Waals surface area contributed by atoms with Gasteiger partial charge in [0.05, 0.1) is 25.0 Å². The highest BCUT2D eigenvalue weighted by atomic mass is 16.3. The van der Waals surface area contributed by atoms with Crippen LogP contribution in [-0.4, -0.2) is 57.2 Å². The third-order valence-electron chi connectivity index (χ3n) is 4.49. The Morgan fingerprint density at radius 3 is 3.15 bits per heavy atom. The van der Waals surface area contributed by atoms with Gasteiger partial charge in [-0.15, -0.1) is 10.2 Å². The molecule has 3 rings (SSSR count). The molecule has 9 heteroatoms. The standard InChI is InChI=1S/C17H24N6O3/c1-2-22-12-20-21-15(22)3-5-18-16(24)9-14-17(25)19-6-7-23(14)10-13-4-8-26-11-13/h4,8,11-12,14H,2-3,5-7,9-10H2,1H3,(H,18,24)(H,19,25)/t14-/m0/s1. The molecule has 9 nitrogen and oxygen atoms in total. The molecule has 1 atom stereocenters. The van der Waals surface area contributed by atoms with E-state index < -0.39 is 6.04 Å². The summed E-state index contributed by atoms with van der Waals surface area (Å²) in [6, 6.07) is 1.39. The van der Waals surface area contributed by atoms with Gasteiger partial charge in [-0.2, -0.15) is 0 Å². The highest BCUT2D eigenvalue weighted by Gasteiger charge is 2.31. The van der Waals surface area contributed by atoms with Crippen LogP contribution in [0.25, 0.3) is 0 Å². The number of rotatable bonds is 8. The summed E-state index contributed by atoms with van der Waals surface area (Å²) in [6.45, 7) is 5.15. The van der Waals surface area contributed by atoms with Gasteiger partial charge < -0.3 is 19.6 Å². The van der Waals surface area contributed by atoms with Crippen molar-refractivity contribution in [3.63, 3.8) is 0 Å². The molecule has 0 aromatic carbocycles. The van der Waals surface area contributed by atoms with Gasteiger partial charge in [-0.1, -0.05) is 0 Å². The fourth-order valence-electron chi connectivity index (χ4n) is 3.09. The van der Waals surface area contributed by atoms with E-state index in [4.69, 9.17) is 4.42 Å². The van der Waals surface area contributed by atoms with E-state index in [1.54, 1.807) is 18.9 Å². The smallest absolute Gasteiger partial charge is 0.237 e. The maximum atomic E-state index is 12.3. The Balaban J connectivity index is 1.51. The van der Waals surface area contributed by atoms with Crippen LogP contribution in [0.1, 0.15) is 24.7 Å². The Morgan fingerprint density at radius 2 is 2.38 bits per heavy atom. The zero-order chi connectivity index (χ0) is 18.4. The summed E-state index contributed by atoms with van der Waals surface area (Å²) in [4.78, 5) is 26.6. The Hall–Kier alpha value is -2.68. The van der Waals surface area contributed by atoms with E-state index in [1.807, 2.05) is 22.5 Å². The largest absolute Gasteiger partial charge is 0.472 e. The zero-order valence-electron chi connectivity index (χ0n) is 14.9. The number of nitrogens with zero attached hydrogens (tertiary/aromatic N) is 4. The maximum absolute atomic E-state index is 12.3. The molecular weight excluding hydrogens is 336 g/mol. The molecular formula is C17H24N6O3. The molecule has 2 amide bonds. The minimum absolute atomic E-state index is 0.111. The predicted octanol–water partition coefficient (Wildman–Crippen LogP) is -0.0596. The lowest BCUT2D eigenvalue weighted by atomic mass is 10.1. The van der Waals surface area contributed by atoms with Crippen molar-refractivity contribution < 1.29 is 14.0 Å². The molecule has 1 saturated heterocycles. The van der Waals surface area contributed by atoms with Gasteiger partial charge in [0.1, 0.15) is 12.2 Å². The lowest BCUT2D eigenvalue weighted by Crippen LogP contribution is -2.56. The van der Waals surface area contributed by atoms with Crippen LogP contribution in [0.4, 0.5) is 0 Å². The second-order valence-electron chi connectivity index (χ2n) is 6.25. The minimum Gasteiger partial charge on any atom is -0.472 e. The van der Waals surface area contributed by atoms with Crippen LogP contribution in [0, 0.1) is 0 Å². The molecule has 0 radical (unpaired) electrons. The molecule has 140 valence electrons. The van der Waals surface area contributed by atoms with Crippen LogP contribution in [0.15, 0.2) is 29.3 Å². The van der Waals surface area contributed by atoms with Gasteiger partial charge >= 0.3 is 0 Å². The molecule has 1 aliphatic rings. The van der Waals surface area contributed by atoms with E-state index >= 15 is 0 Å². The molecule has 0 bridgehead atoms. The number of hydrogen-bond acceptors (Lipinski definition) is 6. The van der Waals surface area contributed by atoms with E-state index in [2.05, 4.69) is 20.8 Å². The van der Waals surface area contributed by atoms with Gasteiger partial charge in [0.15, 0.2) is 0 Å². The number of piperazine rings is 1. The van der Waals surface area contributed by atoms with Crippen molar-refractivity contribution in [2.45, 2.75) is 38.9 Å². The Morgan fingerprint density at radius 1 is 1.50 bits per heavy atom. The van der Waals surface area contributed by atoms with E-state index in [-0.39, 0.29) is 18.2 Å². The molecule has 1 fully saturated rings. The number of carbonyl (C=O) groups excluding carboxylic acids is 2. The summed E-state index contributed by atoms with van der Waals surface area (Å²) in [5.41, 5.74) is 0.990. The number of aryl methyl sites for hydroxylation is 1. The number of furan rings is 1. The van der Waals surface area contributed by atoms with Crippen LogP contribution >= 0.6 is 0 Å². The van der Waals surface area contributed by atoms with Gasteiger partial charge in [0.2, 0.25) is 11.8 Å². The Bertz CT molecular complexity index is 727. The molecule has 0 aliphatic carbocycles. The van der Waals surface area contributed by atoms with Gasteiger partial charge in [0, 0.05) is 44.7 Å². The van der Waals surface area contributed by atoms with Crippen LogP contribution in [-0.2, 0) is 29.1 Å². The highest BCUT2D eigenvalue weighted by molar-refractivity contribution is 5.88. The van der Waals surface area contributed by atoms with Crippen molar-refractivity contribution in [2.75, 3.05) is 19.6 Å². The molecule has 2 aromatic heterocycles. The van der Waals surface area contributed by atoms with Crippen molar-refractivity contribution in [3.05, 3.63) is 36.3 Å². The number of amides is 2. The number of nitrogens with one attached hydrogen (secondary N) is 2. The first-order valence-electron chi connectivity index (χ1n) is 8.83. The molecule has 2 aromatic rings. The summed E-state index contributed by atoms with van der Waals surface area (Å²) < 4.78 is 7.02. The lowest BCUT2D eigenvalue weighted by Gasteiger charge is -2.34. The van der Waals surface area contributed by atoms with Crippen LogP contribution in [0.5, 0.6) is 0 Å². The summed E-state index contributed by atoms with van der Waals surface area (Å²) >= 11 is 0. The molecule has 2 N–H and O–H groups in total. The molecule has 0 unspecified atom stereocenters. The SMILES string of the molecule is CCn1cnnc1CCNC(=O)C[C@H]1C(=O)NCCN1Cc1ccoc1. The highest BCUT2D eigenvalue weighted by Crippen LogP contribution is 2.14. The number of carbonyl (C=O) groups is 2. The van der Waals surface area contributed by atoms with E-state index in [0.717, 1.165) is 17.9 Å². The fraction of sp³-hybridized carbons (Fsp3) is 0.529. The molecule has 3 heterocycles. The van der Waals surface area contributed by atoms with Crippen molar-refractivity contribution in [2.24, 2.45) is 0 Å². The van der Waals surface area contributed by atoms with Crippen LogP contribution in [0.2, 0.25) is 0 Å². The number of aromatic nitrogens is 3. The summed E-state index contributed by atoms with van der Waals surface area (Å²) in [5, 5.41) is 13.6. The summed E-state index contributed by atoms with van der Waals surface area (Å²) in [6.07, 6.45) is 5.68. The molecule has 0 spiro atoms. The first-order valence-corrected chi connectivity index (χ1v) is 8.83. The Kier molecular flexibility index (Phi) is 6.00. The van der Waals surface area contributed by atoms with Gasteiger partial charge in [0.25, 0.3) is 0 Å². The summed E-state index contributed by atoms with van der Waals surface area (Å²) in [5.74, 6) is 0.581. The molecule has 0 saturated carbocycles. The summed E-state index contributed by atoms with van der Waals surface area (Å²) in [7, 11) is 0. The van der Waals surface area contributed by atoms with Crippen LogP contribution < -0.4 is 10.6 Å². The second kappa shape index (κ2) is 8.61. The average molecular weight is 360 g/mol. The number of hydrogen-bond donors (Lipinski definition) is 2. The van der Waals surface area contributed by atoms with Crippen molar-refractivity contribution >= 4 is 11.8 Å². The third kappa shape index (κ3) is 4.48. The monoisotopic (exact) mass is 360 g/mol. The molecule has 1 aliphatic heterocycles. The Labute approximate surface area is 151 Å². The fourth-order valence-corrected chi connectivity index (χ4v) is 3.09.